The number of hydrogen-bond donors (Lipinski definition) is 1. The number of likely N-dealkylation sites (N-methyl/N-ethyl adjacent to an activating group) is 1. The van der Waals surface area contributed by atoms with Gasteiger partial charge in [-0.15, -0.1) is 0 Å². The summed E-state index contributed by atoms with van der Waals surface area (Å²) in [5.74, 6) is 0.650. The van der Waals surface area contributed by atoms with Gasteiger partial charge in [0.2, 0.25) is 0 Å². The number of para-hydroxylation sites is 1. The van der Waals surface area contributed by atoms with Crippen LogP contribution >= 0.6 is 0 Å². The molecular formula is C23H32N4O3. The van der Waals surface area contributed by atoms with Crippen LogP contribution in [-0.4, -0.2) is 61.1 Å². The van der Waals surface area contributed by atoms with Crippen LogP contribution in [0.5, 0.6) is 5.75 Å². The lowest BCUT2D eigenvalue weighted by atomic mass is 10.1. The summed E-state index contributed by atoms with van der Waals surface area (Å²) in [7, 11) is 2.19. The van der Waals surface area contributed by atoms with Crippen LogP contribution in [0, 0.1) is 5.21 Å². The molecule has 0 saturated carbocycles. The first-order valence-corrected chi connectivity index (χ1v) is 10.6. The predicted molar refractivity (Wildman–Crippen MR) is 116 cm³/mol. The van der Waals surface area contributed by atoms with E-state index in [1.54, 1.807) is 12.1 Å². The Hall–Kier alpha value is -2.64. The Morgan fingerprint density at radius 2 is 1.93 bits per heavy atom. The van der Waals surface area contributed by atoms with Gasteiger partial charge >= 0.3 is 0 Å². The minimum absolute atomic E-state index is 0.251. The zero-order valence-electron chi connectivity index (χ0n) is 18.1. The highest BCUT2D eigenvalue weighted by Gasteiger charge is 2.26. The van der Waals surface area contributed by atoms with Gasteiger partial charge in [-0.1, -0.05) is 18.2 Å². The molecule has 1 aromatic carbocycles. The van der Waals surface area contributed by atoms with E-state index in [1.807, 2.05) is 18.2 Å². The third kappa shape index (κ3) is 5.93. The maximum atomic E-state index is 12.1. The summed E-state index contributed by atoms with van der Waals surface area (Å²) < 4.78 is 6.64. The third-order valence-electron chi connectivity index (χ3n) is 5.70. The first-order valence-electron chi connectivity index (χ1n) is 10.6. The normalized spacial score (nSPS) is 20.1. The molecule has 0 aliphatic carbocycles. The number of amides is 1. The fourth-order valence-corrected chi connectivity index (χ4v) is 3.81. The molecule has 162 valence electrons. The summed E-state index contributed by atoms with van der Waals surface area (Å²) in [6.45, 7) is 8.51. The molecule has 1 saturated heterocycles. The number of rotatable bonds is 8. The zero-order valence-corrected chi connectivity index (χ0v) is 18.1. The summed E-state index contributed by atoms with van der Waals surface area (Å²) in [5.41, 5.74) is 1.55. The minimum atomic E-state index is -0.251. The number of pyridine rings is 1. The topological polar surface area (TPSA) is 71.8 Å². The van der Waals surface area contributed by atoms with Crippen molar-refractivity contribution >= 4 is 5.91 Å². The Labute approximate surface area is 178 Å². The molecule has 30 heavy (non-hydrogen) atoms. The van der Waals surface area contributed by atoms with Crippen molar-refractivity contribution in [3.63, 3.8) is 0 Å². The first-order chi connectivity index (χ1) is 14.4. The van der Waals surface area contributed by atoms with Gasteiger partial charge in [-0.25, -0.2) is 0 Å². The number of ether oxygens (including phenoxy) is 1. The van der Waals surface area contributed by atoms with E-state index in [-0.39, 0.29) is 5.91 Å². The van der Waals surface area contributed by atoms with Crippen LogP contribution in [0.3, 0.4) is 0 Å². The number of aromatic nitrogens is 1. The van der Waals surface area contributed by atoms with Gasteiger partial charge in [-0.2, -0.15) is 4.73 Å². The van der Waals surface area contributed by atoms with Gasteiger partial charge in [0, 0.05) is 49.9 Å². The summed E-state index contributed by atoms with van der Waals surface area (Å²) >= 11 is 0. The second-order valence-corrected chi connectivity index (χ2v) is 8.08. The van der Waals surface area contributed by atoms with Crippen LogP contribution in [0.25, 0.3) is 0 Å². The Morgan fingerprint density at radius 3 is 2.67 bits per heavy atom. The van der Waals surface area contributed by atoms with Crippen molar-refractivity contribution in [2.45, 2.75) is 38.9 Å². The lowest BCUT2D eigenvalue weighted by Gasteiger charge is -2.42. The summed E-state index contributed by atoms with van der Waals surface area (Å²) in [4.78, 5) is 17.0. The molecule has 0 spiro atoms. The highest BCUT2D eigenvalue weighted by molar-refractivity contribution is 5.93. The highest BCUT2D eigenvalue weighted by Crippen LogP contribution is 2.22. The molecule has 0 bridgehead atoms. The maximum Gasteiger partial charge on any atom is 0.257 e. The van der Waals surface area contributed by atoms with Crippen molar-refractivity contribution in [3.05, 3.63) is 65.1 Å². The molecule has 1 amide bonds. The highest BCUT2D eigenvalue weighted by atomic mass is 16.5. The van der Waals surface area contributed by atoms with Crippen LogP contribution in [0.1, 0.15) is 36.2 Å². The quantitative estimate of drug-likeness (QED) is 0.408. The molecule has 2 aromatic rings. The fourth-order valence-electron chi connectivity index (χ4n) is 3.81. The van der Waals surface area contributed by atoms with Gasteiger partial charge in [0.05, 0.1) is 6.61 Å². The Kier molecular flexibility index (Phi) is 7.65. The van der Waals surface area contributed by atoms with E-state index in [4.69, 9.17) is 4.74 Å². The lowest BCUT2D eigenvalue weighted by molar-refractivity contribution is -0.605. The van der Waals surface area contributed by atoms with Gasteiger partial charge < -0.3 is 15.3 Å². The van der Waals surface area contributed by atoms with Crippen LogP contribution in [0.4, 0.5) is 0 Å². The molecule has 7 nitrogen and oxygen atoms in total. The maximum absolute atomic E-state index is 12.1. The van der Waals surface area contributed by atoms with Crippen molar-refractivity contribution in [2.75, 3.05) is 33.3 Å². The van der Waals surface area contributed by atoms with E-state index in [9.17, 15) is 10.0 Å². The van der Waals surface area contributed by atoms with Crippen LogP contribution < -0.4 is 14.8 Å². The average molecular weight is 413 g/mol. The second kappa shape index (κ2) is 10.4. The molecule has 1 fully saturated rings. The van der Waals surface area contributed by atoms with Crippen LogP contribution in [0.2, 0.25) is 0 Å². The Bertz CT molecular complexity index is 833. The molecule has 2 unspecified atom stereocenters. The number of piperazine rings is 1. The fraction of sp³-hybridized carbons (Fsp3) is 0.478. The van der Waals surface area contributed by atoms with E-state index in [2.05, 4.69) is 42.1 Å². The number of benzene rings is 1. The number of carbonyl (C=O) groups excluding carboxylic acids is 1. The molecular weight excluding hydrogens is 380 g/mol. The lowest BCUT2D eigenvalue weighted by Crippen LogP contribution is -2.54. The second-order valence-electron chi connectivity index (χ2n) is 8.08. The van der Waals surface area contributed by atoms with Gasteiger partial charge in [0.25, 0.3) is 5.91 Å². The average Bonchev–Trinajstić information content (AvgIpc) is 2.72. The molecule has 7 heteroatoms. The van der Waals surface area contributed by atoms with Crippen LogP contribution in [-0.2, 0) is 6.54 Å². The Morgan fingerprint density at radius 1 is 1.20 bits per heavy atom. The van der Waals surface area contributed by atoms with Crippen LogP contribution in [0.15, 0.2) is 48.8 Å². The molecule has 0 radical (unpaired) electrons. The van der Waals surface area contributed by atoms with Gasteiger partial charge in [0.1, 0.15) is 11.3 Å². The number of hydrogen-bond acceptors (Lipinski definition) is 5. The van der Waals surface area contributed by atoms with Gasteiger partial charge in [-0.05, 0) is 39.4 Å². The minimum Gasteiger partial charge on any atom is -0.619 e. The van der Waals surface area contributed by atoms with E-state index >= 15 is 0 Å². The summed E-state index contributed by atoms with van der Waals surface area (Å²) in [6.07, 6.45) is 3.31. The molecule has 3 rings (SSSR count). The first kappa shape index (κ1) is 22.1. The molecule has 1 N–H and O–H groups in total. The number of nitrogens with one attached hydrogen (secondary N) is 1. The molecule has 1 aliphatic heterocycles. The zero-order chi connectivity index (χ0) is 21.5. The SMILES string of the molecule is CC1CN(Cc2ccccc2OCCCNC(=O)c2ccc[n+]([O-])c2)CC(C)N1C. The van der Waals surface area contributed by atoms with E-state index in [1.165, 1.54) is 18.0 Å². The smallest absolute Gasteiger partial charge is 0.257 e. The monoisotopic (exact) mass is 412 g/mol. The van der Waals surface area contributed by atoms with Gasteiger partial charge in [-0.3, -0.25) is 14.6 Å². The Balaban J connectivity index is 1.45. The molecule has 1 aromatic heterocycles. The molecule has 2 heterocycles. The van der Waals surface area contributed by atoms with E-state index in [0.29, 0.717) is 42.0 Å². The van der Waals surface area contributed by atoms with Crippen molar-refractivity contribution in [1.29, 1.82) is 0 Å². The number of carbonyl (C=O) groups is 1. The van der Waals surface area contributed by atoms with E-state index < -0.39 is 0 Å². The van der Waals surface area contributed by atoms with E-state index in [0.717, 1.165) is 25.4 Å². The predicted octanol–water partition coefficient (Wildman–Crippen LogP) is 2.04. The van der Waals surface area contributed by atoms with Crippen molar-refractivity contribution in [2.24, 2.45) is 0 Å². The number of nitrogens with zero attached hydrogens (tertiary/aromatic N) is 3. The van der Waals surface area contributed by atoms with Crippen molar-refractivity contribution < 1.29 is 14.3 Å². The van der Waals surface area contributed by atoms with Gasteiger partial charge in [0.15, 0.2) is 12.4 Å². The standard InChI is InChI=1S/C23H32N4O3/c1-18-14-26(15-19(2)25(18)3)16-20-8-4-5-10-22(20)30-13-7-11-24-23(28)21-9-6-12-27(29)17-21/h4-6,8-10,12,17-19H,7,11,13-16H2,1-3H3,(H,24,28). The summed E-state index contributed by atoms with van der Waals surface area (Å²) in [6, 6.07) is 12.4. The van der Waals surface area contributed by atoms with Crippen molar-refractivity contribution in [3.8, 4) is 5.75 Å². The third-order valence-corrected chi connectivity index (χ3v) is 5.70. The summed E-state index contributed by atoms with van der Waals surface area (Å²) in [5, 5.41) is 14.1. The largest absolute Gasteiger partial charge is 0.619 e. The molecule has 1 aliphatic rings. The molecule has 2 atom stereocenters. The van der Waals surface area contributed by atoms with Crippen molar-refractivity contribution in [1.82, 2.24) is 15.1 Å².